The van der Waals surface area contributed by atoms with Crippen LogP contribution >= 0.6 is 11.6 Å². The standard InChI is InChI=1S/C18H23ClN2O3S/c1-20-25(23,24)21-17(22)14-2-3-15(16(19)7-14)18-8-11-4-12(9-18)6-13(5-11)10-18/h2-3,7,11-13,20H,4-6,8-10H2,1H3,(H,21,22). The summed E-state index contributed by atoms with van der Waals surface area (Å²) in [6.45, 7) is 0. The van der Waals surface area contributed by atoms with E-state index in [9.17, 15) is 13.2 Å². The van der Waals surface area contributed by atoms with Gasteiger partial charge < -0.3 is 0 Å². The van der Waals surface area contributed by atoms with Gasteiger partial charge >= 0.3 is 10.2 Å². The van der Waals surface area contributed by atoms with Crippen molar-refractivity contribution >= 4 is 27.7 Å². The average molecular weight is 383 g/mol. The molecular formula is C18H23ClN2O3S. The highest BCUT2D eigenvalue weighted by Gasteiger charge is 2.52. The zero-order valence-electron chi connectivity index (χ0n) is 14.2. The number of hydrogen-bond acceptors (Lipinski definition) is 3. The number of benzene rings is 1. The Kier molecular flexibility index (Phi) is 4.13. The molecule has 4 fully saturated rings. The van der Waals surface area contributed by atoms with Gasteiger partial charge in [-0.15, -0.1) is 0 Å². The highest BCUT2D eigenvalue weighted by molar-refractivity contribution is 7.88. The van der Waals surface area contributed by atoms with Crippen LogP contribution in [0.5, 0.6) is 0 Å². The summed E-state index contributed by atoms with van der Waals surface area (Å²) in [7, 11) is -2.57. The topological polar surface area (TPSA) is 75.3 Å². The summed E-state index contributed by atoms with van der Waals surface area (Å²) in [6.07, 6.45) is 7.66. The van der Waals surface area contributed by atoms with Crippen LogP contribution in [0.2, 0.25) is 5.02 Å². The van der Waals surface area contributed by atoms with Crippen molar-refractivity contribution in [3.8, 4) is 0 Å². The molecule has 0 aromatic heterocycles. The SMILES string of the molecule is CNS(=O)(=O)NC(=O)c1ccc(C23CC4CC(CC(C4)C2)C3)c(Cl)c1. The van der Waals surface area contributed by atoms with Crippen molar-refractivity contribution in [2.75, 3.05) is 7.05 Å². The molecule has 4 aliphatic rings. The summed E-state index contributed by atoms with van der Waals surface area (Å²) in [5, 5.41) is 0.580. The largest absolute Gasteiger partial charge is 0.301 e. The molecular weight excluding hydrogens is 360 g/mol. The van der Waals surface area contributed by atoms with Crippen molar-refractivity contribution < 1.29 is 13.2 Å². The van der Waals surface area contributed by atoms with Crippen LogP contribution in [0.15, 0.2) is 18.2 Å². The molecule has 1 amide bonds. The van der Waals surface area contributed by atoms with Gasteiger partial charge in [-0.1, -0.05) is 17.7 Å². The highest BCUT2D eigenvalue weighted by Crippen LogP contribution is 2.61. The number of hydrogen-bond donors (Lipinski definition) is 2. The van der Waals surface area contributed by atoms with Crippen LogP contribution in [-0.2, 0) is 15.6 Å². The predicted octanol–water partition coefficient (Wildman–Crippen LogP) is 3.00. The van der Waals surface area contributed by atoms with Gasteiger partial charge in [-0.2, -0.15) is 8.42 Å². The molecule has 5 nitrogen and oxygen atoms in total. The molecule has 0 unspecified atom stereocenters. The Morgan fingerprint density at radius 1 is 1.12 bits per heavy atom. The van der Waals surface area contributed by atoms with E-state index in [0.717, 1.165) is 23.3 Å². The number of carbonyl (C=O) groups is 1. The Labute approximate surface area is 153 Å². The molecule has 0 spiro atoms. The molecule has 0 radical (unpaired) electrons. The lowest BCUT2D eigenvalue weighted by Gasteiger charge is -2.57. The Bertz CT molecular complexity index is 786. The van der Waals surface area contributed by atoms with Crippen LogP contribution < -0.4 is 9.44 Å². The fourth-order valence-corrected chi connectivity index (χ4v) is 6.60. The number of halogens is 1. The lowest BCUT2D eigenvalue weighted by molar-refractivity contribution is -0.00514. The molecule has 0 aliphatic heterocycles. The van der Waals surface area contributed by atoms with E-state index in [1.54, 1.807) is 12.1 Å². The van der Waals surface area contributed by atoms with E-state index < -0.39 is 16.1 Å². The van der Waals surface area contributed by atoms with Gasteiger partial charge in [0.15, 0.2) is 0 Å². The lowest BCUT2D eigenvalue weighted by Crippen LogP contribution is -2.48. The van der Waals surface area contributed by atoms with Gasteiger partial charge in [0.05, 0.1) is 0 Å². The van der Waals surface area contributed by atoms with Crippen LogP contribution in [-0.4, -0.2) is 21.4 Å². The zero-order valence-corrected chi connectivity index (χ0v) is 15.8. The quantitative estimate of drug-likeness (QED) is 0.840. The Morgan fingerprint density at radius 2 is 1.68 bits per heavy atom. The van der Waals surface area contributed by atoms with E-state index in [0.29, 0.717) is 5.02 Å². The van der Waals surface area contributed by atoms with E-state index in [2.05, 4.69) is 4.72 Å². The molecule has 7 heteroatoms. The summed E-state index contributed by atoms with van der Waals surface area (Å²) in [4.78, 5) is 12.1. The molecule has 2 N–H and O–H groups in total. The van der Waals surface area contributed by atoms with Gasteiger partial charge in [-0.05, 0) is 79.4 Å². The Hall–Kier alpha value is -1.11. The average Bonchev–Trinajstić information content (AvgIpc) is 2.52. The van der Waals surface area contributed by atoms with E-state index in [-0.39, 0.29) is 11.0 Å². The number of amides is 1. The first-order chi connectivity index (χ1) is 11.8. The summed E-state index contributed by atoms with van der Waals surface area (Å²) in [6, 6.07) is 5.24. The molecule has 5 rings (SSSR count). The number of nitrogens with one attached hydrogen (secondary N) is 2. The molecule has 136 valence electrons. The van der Waals surface area contributed by atoms with Crippen molar-refractivity contribution in [1.82, 2.24) is 9.44 Å². The summed E-state index contributed by atoms with van der Waals surface area (Å²) < 4.78 is 27.0. The minimum absolute atomic E-state index is 0.151. The third-order valence-corrected chi connectivity index (χ3v) is 7.64. The normalized spacial score (nSPS) is 33.4. The van der Waals surface area contributed by atoms with Crippen molar-refractivity contribution in [3.63, 3.8) is 0 Å². The molecule has 0 heterocycles. The second-order valence-corrected chi connectivity index (χ2v) is 10.1. The van der Waals surface area contributed by atoms with Crippen LogP contribution in [0.4, 0.5) is 0 Å². The first-order valence-electron chi connectivity index (χ1n) is 8.86. The fourth-order valence-electron chi connectivity index (χ4n) is 5.76. The second-order valence-electron chi connectivity index (χ2n) is 8.03. The van der Waals surface area contributed by atoms with Gasteiger partial charge in [0.25, 0.3) is 5.91 Å². The number of carbonyl (C=O) groups excluding carboxylic acids is 1. The Balaban J connectivity index is 1.62. The van der Waals surface area contributed by atoms with Crippen LogP contribution in [0.1, 0.15) is 54.4 Å². The lowest BCUT2D eigenvalue weighted by atomic mass is 9.48. The van der Waals surface area contributed by atoms with Crippen molar-refractivity contribution in [2.45, 2.75) is 43.9 Å². The molecule has 1 aromatic rings. The molecule has 1 aromatic carbocycles. The van der Waals surface area contributed by atoms with Gasteiger partial charge in [-0.3, -0.25) is 4.79 Å². The minimum atomic E-state index is -3.82. The van der Waals surface area contributed by atoms with Crippen molar-refractivity contribution in [1.29, 1.82) is 0 Å². The maximum atomic E-state index is 12.1. The van der Waals surface area contributed by atoms with Crippen LogP contribution in [0.3, 0.4) is 0 Å². The van der Waals surface area contributed by atoms with Gasteiger partial charge in [-0.25, -0.2) is 9.44 Å². The predicted molar refractivity (Wildman–Crippen MR) is 96.7 cm³/mol. The molecule has 25 heavy (non-hydrogen) atoms. The second kappa shape index (κ2) is 5.96. The molecule has 4 saturated carbocycles. The molecule has 0 atom stereocenters. The van der Waals surface area contributed by atoms with Crippen LogP contribution in [0, 0.1) is 17.8 Å². The first-order valence-corrected chi connectivity index (χ1v) is 10.7. The zero-order chi connectivity index (χ0) is 17.8. The number of rotatable bonds is 4. The molecule has 4 bridgehead atoms. The van der Waals surface area contributed by atoms with Gasteiger partial charge in [0, 0.05) is 17.6 Å². The van der Waals surface area contributed by atoms with Crippen LogP contribution in [0.25, 0.3) is 0 Å². The first kappa shape index (κ1) is 17.3. The van der Waals surface area contributed by atoms with E-state index in [4.69, 9.17) is 11.6 Å². The summed E-state index contributed by atoms with van der Waals surface area (Å²) >= 11 is 6.57. The smallest absolute Gasteiger partial charge is 0.268 e. The monoisotopic (exact) mass is 382 g/mol. The molecule has 4 aliphatic carbocycles. The molecule has 0 saturated heterocycles. The van der Waals surface area contributed by atoms with E-state index >= 15 is 0 Å². The third-order valence-electron chi connectivity index (χ3n) is 6.34. The van der Waals surface area contributed by atoms with Gasteiger partial charge in [0.1, 0.15) is 0 Å². The van der Waals surface area contributed by atoms with E-state index in [1.807, 2.05) is 10.8 Å². The highest BCUT2D eigenvalue weighted by atomic mass is 35.5. The maximum absolute atomic E-state index is 12.1. The Morgan fingerprint density at radius 3 is 2.16 bits per heavy atom. The fraction of sp³-hybridized carbons (Fsp3) is 0.611. The summed E-state index contributed by atoms with van der Waals surface area (Å²) in [5.41, 5.74) is 1.55. The third kappa shape index (κ3) is 3.09. The van der Waals surface area contributed by atoms with E-state index in [1.165, 1.54) is 45.6 Å². The van der Waals surface area contributed by atoms with Gasteiger partial charge in [0.2, 0.25) is 0 Å². The maximum Gasteiger partial charge on any atom is 0.301 e. The van der Waals surface area contributed by atoms with Crippen molar-refractivity contribution in [2.24, 2.45) is 17.8 Å². The van der Waals surface area contributed by atoms with Crippen molar-refractivity contribution in [3.05, 3.63) is 34.3 Å². The minimum Gasteiger partial charge on any atom is -0.268 e. The summed E-state index contributed by atoms with van der Waals surface area (Å²) in [5.74, 6) is 1.76.